The Balaban J connectivity index is 2.32. The van der Waals surface area contributed by atoms with E-state index in [0.717, 1.165) is 19.3 Å². The van der Waals surface area contributed by atoms with Crippen LogP contribution in [0.1, 0.15) is 45.1 Å². The molecule has 1 heterocycles. The quantitative estimate of drug-likeness (QED) is 0.787. The van der Waals surface area contributed by atoms with Gasteiger partial charge in [-0.25, -0.2) is 0 Å². The Bertz CT molecular complexity index is 530. The van der Waals surface area contributed by atoms with E-state index >= 15 is 0 Å². The second-order valence-electron chi connectivity index (χ2n) is 5.62. The molecule has 0 aromatic heterocycles. The van der Waals surface area contributed by atoms with Crippen molar-refractivity contribution in [3.05, 3.63) is 17.7 Å². The van der Waals surface area contributed by atoms with Gasteiger partial charge in [-0.1, -0.05) is 26.2 Å². The number of nitrogens with zero attached hydrogens (tertiary/aromatic N) is 1. The van der Waals surface area contributed by atoms with Gasteiger partial charge in [0.25, 0.3) is 5.91 Å². The van der Waals surface area contributed by atoms with Gasteiger partial charge in [-0.05, 0) is 31.0 Å². The molecule has 0 saturated carbocycles. The van der Waals surface area contributed by atoms with Crippen LogP contribution in [0.3, 0.4) is 0 Å². The Kier molecular flexibility index (Phi) is 5.66. The van der Waals surface area contributed by atoms with Crippen LogP contribution < -0.4 is 14.4 Å². The van der Waals surface area contributed by atoms with E-state index in [-0.39, 0.29) is 12.5 Å². The third-order valence-electron chi connectivity index (χ3n) is 3.93. The number of aliphatic hydroxyl groups is 1. The van der Waals surface area contributed by atoms with Crippen LogP contribution in [-0.2, 0) is 11.4 Å². The summed E-state index contributed by atoms with van der Waals surface area (Å²) < 4.78 is 11.1. The number of amides is 1. The van der Waals surface area contributed by atoms with Crippen molar-refractivity contribution < 1.29 is 19.4 Å². The number of carbonyl (C=O) groups excluding carboxylic acids is 1. The minimum absolute atomic E-state index is 0.0406. The fourth-order valence-corrected chi connectivity index (χ4v) is 2.70. The first-order chi connectivity index (χ1) is 10.6. The van der Waals surface area contributed by atoms with Crippen LogP contribution in [0.2, 0.25) is 0 Å². The third kappa shape index (κ3) is 3.35. The van der Waals surface area contributed by atoms with Gasteiger partial charge in [0.2, 0.25) is 0 Å². The van der Waals surface area contributed by atoms with Gasteiger partial charge in [-0.2, -0.15) is 0 Å². The smallest absolute Gasteiger partial charge is 0.267 e. The third-order valence-corrected chi connectivity index (χ3v) is 3.93. The second kappa shape index (κ2) is 7.49. The lowest BCUT2D eigenvalue weighted by Crippen LogP contribution is -2.45. The SMILES string of the molecule is CCCCCCN1C(=O)C(C)Oc2c(OC)cc(CO)cc21. The molecule has 1 unspecified atom stereocenters. The summed E-state index contributed by atoms with van der Waals surface area (Å²) in [6.07, 6.45) is 3.86. The van der Waals surface area contributed by atoms with E-state index in [1.54, 1.807) is 31.1 Å². The molecule has 1 aliphatic heterocycles. The number of hydrogen-bond donors (Lipinski definition) is 1. The van der Waals surface area contributed by atoms with Crippen LogP contribution >= 0.6 is 0 Å². The molecule has 0 aliphatic carbocycles. The van der Waals surface area contributed by atoms with E-state index in [2.05, 4.69) is 6.92 Å². The summed E-state index contributed by atoms with van der Waals surface area (Å²) in [6, 6.07) is 3.55. The highest BCUT2D eigenvalue weighted by atomic mass is 16.5. The van der Waals surface area contributed by atoms with Crippen molar-refractivity contribution >= 4 is 11.6 Å². The molecule has 0 saturated heterocycles. The van der Waals surface area contributed by atoms with Crippen molar-refractivity contribution in [3.8, 4) is 11.5 Å². The zero-order chi connectivity index (χ0) is 16.1. The molecular weight excluding hydrogens is 282 g/mol. The molecule has 122 valence electrons. The largest absolute Gasteiger partial charge is 0.493 e. The zero-order valence-electron chi connectivity index (χ0n) is 13.6. The van der Waals surface area contributed by atoms with Gasteiger partial charge in [0.15, 0.2) is 17.6 Å². The minimum atomic E-state index is -0.521. The molecule has 0 radical (unpaired) electrons. The lowest BCUT2D eigenvalue weighted by molar-refractivity contribution is -0.125. The highest BCUT2D eigenvalue weighted by Gasteiger charge is 2.33. The number of ether oxygens (including phenoxy) is 2. The standard InChI is InChI=1S/C17H25NO4/c1-4-5-6-7-8-18-14-9-13(11-19)10-15(21-3)16(14)22-12(2)17(18)20/h9-10,12,19H,4-8,11H2,1-3H3. The van der Waals surface area contributed by atoms with E-state index < -0.39 is 6.10 Å². The van der Waals surface area contributed by atoms with Gasteiger partial charge in [-0.3, -0.25) is 4.79 Å². The summed E-state index contributed by atoms with van der Waals surface area (Å²) in [5.74, 6) is 1.10. The molecule has 22 heavy (non-hydrogen) atoms. The van der Waals surface area contributed by atoms with Crippen molar-refractivity contribution in [2.75, 3.05) is 18.6 Å². The van der Waals surface area contributed by atoms with Crippen molar-refractivity contribution in [1.82, 2.24) is 0 Å². The first-order valence-corrected chi connectivity index (χ1v) is 7.92. The molecule has 1 aromatic carbocycles. The molecule has 1 N–H and O–H groups in total. The average molecular weight is 307 g/mol. The Labute approximate surface area is 131 Å². The lowest BCUT2D eigenvalue weighted by Gasteiger charge is -2.34. The molecule has 1 aliphatic rings. The predicted octanol–water partition coefficient (Wildman–Crippen LogP) is 2.88. The van der Waals surface area contributed by atoms with Crippen molar-refractivity contribution in [2.24, 2.45) is 0 Å². The number of rotatable bonds is 7. The number of aliphatic hydroxyl groups excluding tert-OH is 1. The van der Waals surface area contributed by atoms with Crippen molar-refractivity contribution in [1.29, 1.82) is 0 Å². The molecule has 1 atom stereocenters. The number of anilines is 1. The van der Waals surface area contributed by atoms with Crippen LogP contribution in [-0.4, -0.2) is 30.8 Å². The molecule has 1 amide bonds. The maximum absolute atomic E-state index is 12.4. The van der Waals surface area contributed by atoms with Crippen molar-refractivity contribution in [3.63, 3.8) is 0 Å². The van der Waals surface area contributed by atoms with Gasteiger partial charge in [0, 0.05) is 6.54 Å². The number of hydrogen-bond acceptors (Lipinski definition) is 4. The minimum Gasteiger partial charge on any atom is -0.493 e. The number of benzene rings is 1. The second-order valence-corrected chi connectivity index (χ2v) is 5.62. The summed E-state index contributed by atoms with van der Waals surface area (Å²) in [6.45, 7) is 4.48. The molecule has 0 fully saturated rings. The maximum atomic E-state index is 12.4. The highest BCUT2D eigenvalue weighted by Crippen LogP contribution is 2.43. The molecule has 0 bridgehead atoms. The first-order valence-electron chi connectivity index (χ1n) is 7.92. The van der Waals surface area contributed by atoms with Crippen LogP contribution in [0.15, 0.2) is 12.1 Å². The fourth-order valence-electron chi connectivity index (χ4n) is 2.70. The molecule has 5 nitrogen and oxygen atoms in total. The molecule has 0 spiro atoms. The van der Waals surface area contributed by atoms with Gasteiger partial charge < -0.3 is 19.5 Å². The van der Waals surface area contributed by atoms with E-state index in [1.165, 1.54) is 6.42 Å². The highest BCUT2D eigenvalue weighted by molar-refractivity contribution is 6.00. The van der Waals surface area contributed by atoms with Crippen LogP contribution in [0, 0.1) is 0 Å². The van der Waals surface area contributed by atoms with Gasteiger partial charge in [0.05, 0.1) is 19.4 Å². The van der Waals surface area contributed by atoms with E-state index in [1.807, 2.05) is 0 Å². The lowest BCUT2D eigenvalue weighted by atomic mass is 10.1. The van der Waals surface area contributed by atoms with E-state index in [9.17, 15) is 9.90 Å². The summed E-state index contributed by atoms with van der Waals surface area (Å²) in [5.41, 5.74) is 1.41. The molecule has 5 heteroatoms. The Hall–Kier alpha value is -1.75. The van der Waals surface area contributed by atoms with Crippen molar-refractivity contribution in [2.45, 2.75) is 52.2 Å². The molecule has 1 aromatic rings. The van der Waals surface area contributed by atoms with Crippen LogP contribution in [0.25, 0.3) is 0 Å². The van der Waals surface area contributed by atoms with Crippen LogP contribution in [0.4, 0.5) is 5.69 Å². The Morgan fingerprint density at radius 3 is 2.73 bits per heavy atom. The zero-order valence-corrected chi connectivity index (χ0v) is 13.6. The monoisotopic (exact) mass is 307 g/mol. The first kappa shape index (κ1) is 16.6. The summed E-state index contributed by atoms with van der Waals surface area (Å²) >= 11 is 0. The number of carbonyl (C=O) groups is 1. The topological polar surface area (TPSA) is 59.0 Å². The van der Waals surface area contributed by atoms with E-state index in [0.29, 0.717) is 29.3 Å². The van der Waals surface area contributed by atoms with Crippen LogP contribution in [0.5, 0.6) is 11.5 Å². The van der Waals surface area contributed by atoms with Gasteiger partial charge >= 0.3 is 0 Å². The molecule has 2 rings (SSSR count). The summed E-state index contributed by atoms with van der Waals surface area (Å²) in [5, 5.41) is 9.41. The van der Waals surface area contributed by atoms with Gasteiger partial charge in [-0.15, -0.1) is 0 Å². The number of unbranched alkanes of at least 4 members (excludes halogenated alkanes) is 3. The number of methoxy groups -OCH3 is 1. The van der Waals surface area contributed by atoms with E-state index in [4.69, 9.17) is 9.47 Å². The Morgan fingerprint density at radius 2 is 2.09 bits per heavy atom. The molecular formula is C17H25NO4. The summed E-state index contributed by atoms with van der Waals surface area (Å²) in [7, 11) is 1.56. The predicted molar refractivity (Wildman–Crippen MR) is 85.5 cm³/mol. The maximum Gasteiger partial charge on any atom is 0.267 e. The normalized spacial score (nSPS) is 17.2. The number of fused-ring (bicyclic) bond motifs is 1. The van der Waals surface area contributed by atoms with Gasteiger partial charge in [0.1, 0.15) is 0 Å². The average Bonchev–Trinajstić information content (AvgIpc) is 2.53. The summed E-state index contributed by atoms with van der Waals surface area (Å²) in [4.78, 5) is 14.2. The Morgan fingerprint density at radius 1 is 1.32 bits per heavy atom. The fraction of sp³-hybridized carbons (Fsp3) is 0.588.